The van der Waals surface area contributed by atoms with Crippen molar-refractivity contribution in [2.24, 2.45) is 0 Å². The minimum Gasteiger partial charge on any atom is -0.456 e. The lowest BCUT2D eigenvalue weighted by atomic mass is 9.72. The van der Waals surface area contributed by atoms with Crippen molar-refractivity contribution >= 4 is 60.9 Å². The summed E-state index contributed by atoms with van der Waals surface area (Å²) in [5.41, 5.74) is 19.8. The molecule has 2 heterocycles. The highest BCUT2D eigenvalue weighted by atomic mass is 16.3. The van der Waals surface area contributed by atoms with Gasteiger partial charge in [-0.2, -0.15) is 0 Å². The summed E-state index contributed by atoms with van der Waals surface area (Å²) in [6.07, 6.45) is 0. The maximum atomic E-state index is 7.11. The topological polar surface area (TPSA) is 29.5 Å². The van der Waals surface area contributed by atoms with Gasteiger partial charge in [-0.15, -0.1) is 0 Å². The molecule has 0 bridgehead atoms. The molecule has 11 aromatic rings. The predicted molar refractivity (Wildman–Crippen MR) is 256 cm³/mol. The van der Waals surface area contributed by atoms with Gasteiger partial charge in [-0.1, -0.05) is 159 Å². The van der Waals surface area contributed by atoms with Crippen LogP contribution in [-0.4, -0.2) is 0 Å². The van der Waals surface area contributed by atoms with Crippen molar-refractivity contribution in [3.8, 4) is 33.4 Å². The lowest BCUT2D eigenvalue weighted by molar-refractivity contribution is 0.638. The Morgan fingerprint density at radius 3 is 1.55 bits per heavy atom. The van der Waals surface area contributed by atoms with Crippen LogP contribution in [0.25, 0.3) is 77.3 Å². The van der Waals surface area contributed by atoms with Gasteiger partial charge in [0.25, 0.3) is 0 Å². The molecule has 2 aliphatic carbocycles. The van der Waals surface area contributed by atoms with Crippen LogP contribution in [0.2, 0.25) is 0 Å². The number of nitrogens with zero attached hydrogens (tertiary/aromatic N) is 1. The molecule has 0 N–H and O–H groups in total. The minimum atomic E-state index is -0.558. The summed E-state index contributed by atoms with van der Waals surface area (Å²) in [5, 5.41) is 4.49. The smallest absolute Gasteiger partial charge is 0.143 e. The van der Waals surface area contributed by atoms with Crippen molar-refractivity contribution < 1.29 is 8.83 Å². The number of hydrogen-bond acceptors (Lipinski definition) is 3. The lowest BCUT2D eigenvalue weighted by Crippen LogP contribution is -2.26. The summed E-state index contributed by atoms with van der Waals surface area (Å²) in [4.78, 5) is 2.47. The molecular formula is C59H41NO2. The molecular weight excluding hydrogens is 755 g/mol. The minimum absolute atomic E-state index is 0.177. The molecule has 0 fully saturated rings. The van der Waals surface area contributed by atoms with E-state index >= 15 is 0 Å². The number of benzene rings is 9. The highest BCUT2D eigenvalue weighted by Crippen LogP contribution is 2.58. The van der Waals surface area contributed by atoms with Crippen LogP contribution in [0, 0.1) is 0 Å². The van der Waals surface area contributed by atoms with Gasteiger partial charge < -0.3 is 13.7 Å². The second-order valence-electron chi connectivity index (χ2n) is 17.7. The van der Waals surface area contributed by atoms with Crippen molar-refractivity contribution in [1.29, 1.82) is 0 Å². The Balaban J connectivity index is 1.09. The maximum Gasteiger partial charge on any atom is 0.143 e. The number of rotatable bonds is 5. The van der Waals surface area contributed by atoms with Gasteiger partial charge in [0.15, 0.2) is 0 Å². The van der Waals surface area contributed by atoms with Crippen LogP contribution in [0.3, 0.4) is 0 Å². The van der Waals surface area contributed by atoms with E-state index in [1.807, 2.05) is 6.07 Å². The first-order valence-electron chi connectivity index (χ1n) is 21.6. The van der Waals surface area contributed by atoms with E-state index in [1.165, 1.54) is 44.5 Å². The fourth-order valence-electron chi connectivity index (χ4n) is 11.2. The highest BCUT2D eigenvalue weighted by molar-refractivity contribution is 6.11. The molecule has 62 heavy (non-hydrogen) atoms. The predicted octanol–water partition coefficient (Wildman–Crippen LogP) is 16.3. The second kappa shape index (κ2) is 12.7. The van der Waals surface area contributed by atoms with E-state index in [0.717, 1.165) is 77.6 Å². The van der Waals surface area contributed by atoms with Crippen LogP contribution in [0.5, 0.6) is 0 Å². The Morgan fingerprint density at radius 1 is 0.371 bits per heavy atom. The zero-order chi connectivity index (χ0) is 41.3. The SMILES string of the molecule is CC1(C)c2ccccc2-c2ccc(N(c3ccc(-c4cccc5c4oc4ccccc45)cc3)c3ccc4c(oc5ccccc54)c3C3(C)c4ccccc4-c4ccccc43)cc21. The second-order valence-corrected chi connectivity index (χ2v) is 17.7. The molecule has 0 aliphatic heterocycles. The number of furan rings is 2. The third-order valence-corrected chi connectivity index (χ3v) is 14.2. The first-order chi connectivity index (χ1) is 30.4. The Morgan fingerprint density at radius 2 is 0.871 bits per heavy atom. The largest absolute Gasteiger partial charge is 0.456 e. The highest BCUT2D eigenvalue weighted by Gasteiger charge is 2.45. The molecule has 9 aromatic carbocycles. The van der Waals surface area contributed by atoms with Gasteiger partial charge in [0, 0.05) is 54.9 Å². The van der Waals surface area contributed by atoms with Crippen LogP contribution in [-0.2, 0) is 10.8 Å². The number of fused-ring (bicyclic) bond motifs is 12. The van der Waals surface area contributed by atoms with Gasteiger partial charge in [-0.3, -0.25) is 0 Å². The molecule has 3 heteroatoms. The van der Waals surface area contributed by atoms with E-state index in [2.05, 4.69) is 214 Å². The van der Waals surface area contributed by atoms with E-state index in [0.29, 0.717) is 0 Å². The molecule has 294 valence electrons. The summed E-state index contributed by atoms with van der Waals surface area (Å²) in [6, 6.07) is 70.7. The molecule has 0 amide bonds. The van der Waals surface area contributed by atoms with E-state index in [1.54, 1.807) is 0 Å². The summed E-state index contributed by atoms with van der Waals surface area (Å²) >= 11 is 0. The zero-order valence-corrected chi connectivity index (χ0v) is 34.7. The Bertz CT molecular complexity index is 3590. The molecule has 0 saturated heterocycles. The number of para-hydroxylation sites is 3. The Kier molecular flexibility index (Phi) is 7.20. The molecule has 0 spiro atoms. The van der Waals surface area contributed by atoms with Crippen molar-refractivity contribution in [2.75, 3.05) is 4.90 Å². The Labute approximate surface area is 360 Å². The third kappa shape index (κ3) is 4.71. The third-order valence-electron chi connectivity index (χ3n) is 14.2. The molecule has 13 rings (SSSR count). The van der Waals surface area contributed by atoms with Crippen LogP contribution in [0.1, 0.15) is 48.6 Å². The quantitative estimate of drug-likeness (QED) is 0.174. The first kappa shape index (κ1) is 35.2. The lowest BCUT2D eigenvalue weighted by Gasteiger charge is -2.35. The van der Waals surface area contributed by atoms with Crippen molar-refractivity contribution in [3.63, 3.8) is 0 Å². The molecule has 3 nitrogen and oxygen atoms in total. The first-order valence-corrected chi connectivity index (χ1v) is 21.6. The van der Waals surface area contributed by atoms with Crippen LogP contribution in [0.15, 0.2) is 203 Å². The van der Waals surface area contributed by atoms with Gasteiger partial charge in [0.2, 0.25) is 0 Å². The fourth-order valence-corrected chi connectivity index (χ4v) is 11.2. The maximum absolute atomic E-state index is 7.11. The van der Waals surface area contributed by atoms with Crippen LogP contribution in [0.4, 0.5) is 17.1 Å². The van der Waals surface area contributed by atoms with Crippen molar-refractivity contribution in [1.82, 2.24) is 0 Å². The van der Waals surface area contributed by atoms with Crippen LogP contribution >= 0.6 is 0 Å². The zero-order valence-electron chi connectivity index (χ0n) is 34.7. The molecule has 0 unspecified atom stereocenters. The molecule has 0 radical (unpaired) electrons. The molecule has 0 atom stereocenters. The summed E-state index contributed by atoms with van der Waals surface area (Å²) in [6.45, 7) is 7.12. The fraction of sp³-hybridized carbons (Fsp3) is 0.0847. The van der Waals surface area contributed by atoms with E-state index in [-0.39, 0.29) is 5.41 Å². The summed E-state index contributed by atoms with van der Waals surface area (Å²) in [5.74, 6) is 0. The van der Waals surface area contributed by atoms with Gasteiger partial charge >= 0.3 is 0 Å². The van der Waals surface area contributed by atoms with Gasteiger partial charge in [-0.05, 0) is 106 Å². The number of hydrogen-bond donors (Lipinski definition) is 0. The standard InChI is InChI=1S/C59H41NO2/c1-58(2)48-22-9-4-15-40(48)43-32-31-38(35-51(43)58)60(37-29-27-36(28-30-37)39-20-14-21-46-44-18-7-12-25-53(44)61-56(39)46)52-34-33-47-45-19-8-13-26-54(45)62-57(47)55(52)59(3)49-23-10-5-16-41(49)42-17-6-11-24-50(42)59/h4-35H,1-3H3. The van der Waals surface area contributed by atoms with E-state index in [9.17, 15) is 0 Å². The van der Waals surface area contributed by atoms with E-state index < -0.39 is 5.41 Å². The van der Waals surface area contributed by atoms with Gasteiger partial charge in [0.05, 0.1) is 5.69 Å². The van der Waals surface area contributed by atoms with Crippen LogP contribution < -0.4 is 4.90 Å². The summed E-state index contributed by atoms with van der Waals surface area (Å²) < 4.78 is 13.6. The molecule has 2 aliphatic rings. The normalized spacial score (nSPS) is 14.3. The van der Waals surface area contributed by atoms with Gasteiger partial charge in [-0.25, -0.2) is 0 Å². The van der Waals surface area contributed by atoms with E-state index in [4.69, 9.17) is 8.83 Å². The monoisotopic (exact) mass is 795 g/mol. The molecule has 0 saturated carbocycles. The Hall–Kier alpha value is -7.62. The number of anilines is 3. The van der Waals surface area contributed by atoms with Crippen molar-refractivity contribution in [3.05, 3.63) is 222 Å². The molecule has 2 aromatic heterocycles. The summed E-state index contributed by atoms with van der Waals surface area (Å²) in [7, 11) is 0. The van der Waals surface area contributed by atoms with Crippen molar-refractivity contribution in [2.45, 2.75) is 31.6 Å². The average molecular weight is 796 g/mol. The average Bonchev–Trinajstić information content (AvgIpc) is 4.03. The van der Waals surface area contributed by atoms with Gasteiger partial charge in [0.1, 0.15) is 22.3 Å².